The van der Waals surface area contributed by atoms with Crippen molar-refractivity contribution in [2.45, 2.75) is 94.9 Å². The number of pyridine rings is 2. The van der Waals surface area contributed by atoms with Gasteiger partial charge in [-0.2, -0.15) is 0 Å². The van der Waals surface area contributed by atoms with Gasteiger partial charge in [-0.3, -0.25) is 19.5 Å². The third-order valence-corrected chi connectivity index (χ3v) is 13.4. The first-order chi connectivity index (χ1) is 25.8. The van der Waals surface area contributed by atoms with E-state index in [9.17, 15) is 14.0 Å². The predicted molar refractivity (Wildman–Crippen MR) is 199 cm³/mol. The van der Waals surface area contributed by atoms with E-state index < -0.39 is 11.2 Å². The van der Waals surface area contributed by atoms with Crippen molar-refractivity contribution in [1.82, 2.24) is 29.3 Å². The molecule has 12 heteroatoms. The van der Waals surface area contributed by atoms with E-state index in [1.165, 1.54) is 32.1 Å². The average molecular weight is 719 g/mol. The minimum atomic E-state index is -0.669. The number of nitrogens with zero attached hydrogens (tertiary/aromatic N) is 7. The number of aromatic nitrogens is 4. The van der Waals surface area contributed by atoms with Gasteiger partial charge >= 0.3 is 0 Å². The molecule has 7 heterocycles. The zero-order valence-corrected chi connectivity index (χ0v) is 30.5. The van der Waals surface area contributed by atoms with Crippen molar-refractivity contribution in [3.8, 4) is 11.3 Å². The Balaban J connectivity index is 1.01. The van der Waals surface area contributed by atoms with Crippen LogP contribution in [0.2, 0.25) is 0 Å². The Hall–Kier alpha value is -4.42. The molecule has 53 heavy (non-hydrogen) atoms. The van der Waals surface area contributed by atoms with E-state index in [0.717, 1.165) is 65.4 Å². The highest BCUT2D eigenvalue weighted by Gasteiger charge is 2.56. The third kappa shape index (κ3) is 5.30. The number of likely N-dealkylation sites (tertiary alicyclic amines) is 2. The topological polar surface area (TPSA) is 109 Å². The normalized spacial score (nSPS) is 27.7. The molecule has 1 N–H and O–H groups in total. The number of anilines is 3. The van der Waals surface area contributed by atoms with Crippen LogP contribution in [-0.2, 0) is 19.7 Å². The Morgan fingerprint density at radius 1 is 1.04 bits per heavy atom. The fourth-order valence-corrected chi connectivity index (χ4v) is 10.1. The van der Waals surface area contributed by atoms with Gasteiger partial charge < -0.3 is 24.4 Å². The quantitative estimate of drug-likeness (QED) is 0.240. The second-order valence-corrected chi connectivity index (χ2v) is 16.6. The van der Waals surface area contributed by atoms with Crippen LogP contribution in [0.15, 0.2) is 49.1 Å². The number of hydrogen-bond donors (Lipinski definition) is 1. The summed E-state index contributed by atoms with van der Waals surface area (Å²) in [5.74, 6) is 2.00. The van der Waals surface area contributed by atoms with E-state index in [4.69, 9.17) is 14.7 Å². The summed E-state index contributed by atoms with van der Waals surface area (Å²) in [7, 11) is 0. The van der Waals surface area contributed by atoms with Gasteiger partial charge in [-0.25, -0.2) is 14.4 Å². The molecule has 1 spiro atoms. The maximum Gasteiger partial charge on any atom is 0.251 e. The average Bonchev–Trinajstić information content (AvgIpc) is 3.93. The summed E-state index contributed by atoms with van der Waals surface area (Å²) < 4.78 is 22.6. The summed E-state index contributed by atoms with van der Waals surface area (Å²) in [6.07, 6.45) is 11.8. The van der Waals surface area contributed by atoms with Crippen molar-refractivity contribution >= 4 is 40.0 Å². The summed E-state index contributed by atoms with van der Waals surface area (Å²) >= 11 is 0. The number of imidazole rings is 1. The number of nitrogens with one attached hydrogen (secondary N) is 1. The fraction of sp³-hybridized carbons (Fsp3) is 0.537. The minimum Gasteiger partial charge on any atom is -0.368 e. The Bertz CT molecular complexity index is 2090. The second kappa shape index (κ2) is 12.6. The molecule has 3 aromatic heterocycles. The number of halogens is 1. The van der Waals surface area contributed by atoms with E-state index in [1.54, 1.807) is 18.6 Å². The van der Waals surface area contributed by atoms with Crippen molar-refractivity contribution in [2.75, 3.05) is 43.0 Å². The maximum absolute atomic E-state index is 14.9. The SMILES string of the molecule is CC(C)n1cnc2cc(-c3ccc4c(c3)N(C3CC(N5C[C@H]6CC[C@H]6C5)C3)C(=O)C43CCN(C(=O)[C@@H]4CCCO4)CC3)nc(Nc3ccncc3F)c21. The molecule has 276 valence electrons. The summed E-state index contributed by atoms with van der Waals surface area (Å²) in [6.45, 7) is 8.29. The van der Waals surface area contributed by atoms with Gasteiger partial charge in [0, 0.05) is 68.4 Å². The molecule has 2 aliphatic carbocycles. The predicted octanol–water partition coefficient (Wildman–Crippen LogP) is 6.22. The molecule has 4 aliphatic heterocycles. The summed E-state index contributed by atoms with van der Waals surface area (Å²) in [5.41, 5.74) is 4.72. The molecule has 3 atom stereocenters. The standard InChI is InChI=1S/C41H47FN8O3/c1-24(2)49-23-44-34-19-33(46-38(37(34)49)45-32-9-12-43-20-31(32)42)25-7-8-30-35(16-25)50(29-17-28(18-29)48-21-26-5-6-27(26)22-48)40(52)41(30)10-13-47(14-11-41)39(51)36-4-3-15-53-36/h7-9,12,16,19-20,23-24,26-29,36H,3-6,10-11,13-15,17-18,21-22H2,1-2H3,(H,43,45,46)/t26-,27+,28?,29?,36-/m0/s1. The molecule has 6 aliphatic rings. The Kier molecular flexibility index (Phi) is 7.87. The Morgan fingerprint density at radius 3 is 2.53 bits per heavy atom. The van der Waals surface area contributed by atoms with Crippen LogP contribution in [0.1, 0.15) is 76.8 Å². The van der Waals surface area contributed by atoms with Gasteiger partial charge in [0.2, 0.25) is 5.91 Å². The maximum atomic E-state index is 14.9. The molecule has 3 saturated heterocycles. The van der Waals surface area contributed by atoms with Crippen molar-refractivity contribution < 1.29 is 18.7 Å². The van der Waals surface area contributed by atoms with Crippen molar-refractivity contribution in [2.24, 2.45) is 11.8 Å². The van der Waals surface area contributed by atoms with Crippen LogP contribution in [0.25, 0.3) is 22.3 Å². The number of ether oxygens (including phenoxy) is 1. The molecule has 4 aromatic rings. The molecule has 11 nitrogen and oxygen atoms in total. The molecular weight excluding hydrogens is 672 g/mol. The number of amides is 2. The van der Waals surface area contributed by atoms with E-state index in [-0.39, 0.29) is 35.7 Å². The van der Waals surface area contributed by atoms with Gasteiger partial charge in [0.25, 0.3) is 5.91 Å². The molecule has 2 amide bonds. The first-order valence-corrected chi connectivity index (χ1v) is 19.6. The lowest BCUT2D eigenvalue weighted by Gasteiger charge is -2.46. The molecule has 0 unspecified atom stereocenters. The van der Waals surface area contributed by atoms with Gasteiger partial charge in [-0.15, -0.1) is 0 Å². The van der Waals surface area contributed by atoms with Crippen LogP contribution in [0.5, 0.6) is 0 Å². The minimum absolute atomic E-state index is 0.0640. The zero-order valence-electron chi connectivity index (χ0n) is 30.5. The lowest BCUT2D eigenvalue weighted by molar-refractivity contribution is -0.144. The van der Waals surface area contributed by atoms with Gasteiger partial charge in [0.1, 0.15) is 11.6 Å². The van der Waals surface area contributed by atoms with Crippen molar-refractivity contribution in [3.63, 3.8) is 0 Å². The number of fused-ring (bicyclic) bond motifs is 4. The van der Waals surface area contributed by atoms with Gasteiger partial charge in [0.15, 0.2) is 11.6 Å². The first-order valence-electron chi connectivity index (χ1n) is 19.6. The van der Waals surface area contributed by atoms with Crippen molar-refractivity contribution in [1.29, 1.82) is 0 Å². The van der Waals surface area contributed by atoms with E-state index >= 15 is 0 Å². The van der Waals surface area contributed by atoms with Gasteiger partial charge in [-0.1, -0.05) is 12.1 Å². The monoisotopic (exact) mass is 718 g/mol. The molecule has 2 saturated carbocycles. The molecule has 5 fully saturated rings. The zero-order chi connectivity index (χ0) is 36.0. The molecule has 0 bridgehead atoms. The number of carbonyl (C=O) groups is 2. The van der Waals surface area contributed by atoms with E-state index in [0.29, 0.717) is 50.1 Å². The molecule has 0 radical (unpaired) electrons. The Morgan fingerprint density at radius 2 is 1.83 bits per heavy atom. The number of rotatable bonds is 7. The van der Waals surface area contributed by atoms with E-state index in [2.05, 4.69) is 52.1 Å². The number of hydrogen-bond acceptors (Lipinski definition) is 8. The highest BCUT2D eigenvalue weighted by atomic mass is 19.1. The second-order valence-electron chi connectivity index (χ2n) is 16.6. The van der Waals surface area contributed by atoms with Crippen LogP contribution >= 0.6 is 0 Å². The summed E-state index contributed by atoms with van der Waals surface area (Å²) in [6, 6.07) is 10.7. The Labute approximate surface area is 308 Å². The van der Waals surface area contributed by atoms with Gasteiger partial charge in [-0.05, 0) is 101 Å². The lowest BCUT2D eigenvalue weighted by Crippen LogP contribution is -2.58. The lowest BCUT2D eigenvalue weighted by atomic mass is 9.73. The summed E-state index contributed by atoms with van der Waals surface area (Å²) in [4.78, 5) is 48.7. The van der Waals surface area contributed by atoms with Crippen LogP contribution in [0, 0.1) is 17.7 Å². The van der Waals surface area contributed by atoms with Crippen LogP contribution in [0.4, 0.5) is 21.6 Å². The van der Waals surface area contributed by atoms with Crippen molar-refractivity contribution in [3.05, 3.63) is 60.4 Å². The molecule has 1 aromatic carbocycles. The molecular formula is C41H47FN8O3. The van der Waals surface area contributed by atoms with Crippen LogP contribution in [-0.4, -0.2) is 92.1 Å². The van der Waals surface area contributed by atoms with E-state index in [1.807, 2.05) is 15.5 Å². The number of benzene rings is 1. The first kappa shape index (κ1) is 33.2. The van der Waals surface area contributed by atoms with Gasteiger partial charge in [0.05, 0.1) is 34.8 Å². The largest absolute Gasteiger partial charge is 0.368 e. The number of piperidine rings is 1. The highest BCUT2D eigenvalue weighted by molar-refractivity contribution is 6.09. The third-order valence-electron chi connectivity index (χ3n) is 13.4. The summed E-state index contributed by atoms with van der Waals surface area (Å²) in [5, 5.41) is 3.24. The molecule has 10 rings (SSSR count). The fourth-order valence-electron chi connectivity index (χ4n) is 10.1. The highest BCUT2D eigenvalue weighted by Crippen LogP contribution is 2.53. The number of carbonyl (C=O) groups excluding carboxylic acids is 2. The van der Waals surface area contributed by atoms with Crippen LogP contribution in [0.3, 0.4) is 0 Å². The smallest absolute Gasteiger partial charge is 0.251 e. The van der Waals surface area contributed by atoms with Crippen LogP contribution < -0.4 is 10.2 Å².